The first kappa shape index (κ1) is 20.7. The van der Waals surface area contributed by atoms with Crippen molar-refractivity contribution in [1.29, 1.82) is 0 Å². The molecule has 0 amide bonds. The van der Waals surface area contributed by atoms with Gasteiger partial charge in [0.1, 0.15) is 0 Å². The van der Waals surface area contributed by atoms with E-state index in [9.17, 15) is 0 Å². The van der Waals surface area contributed by atoms with Gasteiger partial charge in [-0.1, -0.05) is 0 Å². The second kappa shape index (κ2) is 11.3. The first-order valence-electron chi connectivity index (χ1n) is 8.35. The van der Waals surface area contributed by atoms with Gasteiger partial charge >= 0.3 is 132 Å². The third-order valence-electron chi connectivity index (χ3n) is 3.29. The predicted octanol–water partition coefficient (Wildman–Crippen LogP) is 5.18. The minimum atomic E-state index is -3.48. The molecule has 0 radical (unpaired) electrons. The number of unbranched alkanes of at least 4 members (excludes halogenated alkanes) is 3. The topological polar surface area (TPSA) is 27.7 Å². The summed E-state index contributed by atoms with van der Waals surface area (Å²) in [6.45, 7) is 15.5. The number of hydrogen-bond donors (Lipinski definition) is 0. The van der Waals surface area contributed by atoms with Crippen LogP contribution in [0.15, 0.2) is 0 Å². The molecule has 0 saturated carbocycles. The molecule has 0 aromatic carbocycles. The van der Waals surface area contributed by atoms with Crippen LogP contribution in [0.4, 0.5) is 0 Å². The summed E-state index contributed by atoms with van der Waals surface area (Å²) < 4.78 is 18.9. The fraction of sp³-hybridized carbons (Fsp3) is 1.00. The predicted molar refractivity (Wildman–Crippen MR) is 88.0 cm³/mol. The normalized spacial score (nSPS) is 12.9. The van der Waals surface area contributed by atoms with Gasteiger partial charge in [0, 0.05) is 0 Å². The van der Waals surface area contributed by atoms with Crippen LogP contribution in [0.1, 0.15) is 80.1 Å². The molecule has 3 nitrogen and oxygen atoms in total. The van der Waals surface area contributed by atoms with Gasteiger partial charge in [0.15, 0.2) is 0 Å². The van der Waals surface area contributed by atoms with E-state index in [4.69, 9.17) is 9.22 Å². The second-order valence-corrected chi connectivity index (χ2v) is 16.3. The van der Waals surface area contributed by atoms with E-state index < -0.39 is 19.6 Å². The van der Waals surface area contributed by atoms with Gasteiger partial charge in [0.2, 0.25) is 0 Å². The van der Waals surface area contributed by atoms with Crippen LogP contribution in [0.25, 0.3) is 0 Å². The number of rotatable bonds is 12. The Kier molecular flexibility index (Phi) is 11.7. The fourth-order valence-electron chi connectivity index (χ4n) is 1.83. The zero-order chi connectivity index (χ0) is 15.5. The molecule has 0 saturated heterocycles. The molecule has 0 fully saturated rings. The van der Waals surface area contributed by atoms with Crippen molar-refractivity contribution in [1.82, 2.24) is 0 Å². The van der Waals surface area contributed by atoms with Crippen molar-refractivity contribution in [2.24, 2.45) is 0 Å². The Balaban J connectivity index is 4.77. The van der Waals surface area contributed by atoms with Crippen LogP contribution in [0.5, 0.6) is 0 Å². The van der Waals surface area contributed by atoms with Crippen LogP contribution >= 0.6 is 0 Å². The average Bonchev–Trinajstić information content (AvgIpc) is 2.37. The van der Waals surface area contributed by atoms with E-state index in [1.807, 2.05) is 0 Å². The Bertz CT molecular complexity index is 200. The standard InChI is InChI=1S/3C4H9O.C4H9.Sn/c3*1-2-3-4-5;1-4(2)3;/h3*2-4H2,1H3;1-3H3;/q3*-1;;+3. The summed E-state index contributed by atoms with van der Waals surface area (Å²) >= 11 is -3.48. The van der Waals surface area contributed by atoms with Gasteiger partial charge in [-0.05, 0) is 0 Å². The van der Waals surface area contributed by atoms with Crippen LogP contribution in [-0.2, 0) is 9.22 Å². The van der Waals surface area contributed by atoms with Crippen molar-refractivity contribution in [3.8, 4) is 0 Å². The third kappa shape index (κ3) is 7.62. The summed E-state index contributed by atoms with van der Waals surface area (Å²) in [6, 6.07) is 0. The summed E-state index contributed by atoms with van der Waals surface area (Å²) in [6.07, 6.45) is 6.71. The Hall–Kier alpha value is 0.679. The SMILES string of the molecule is CCCC[O][Sn]([O]CCCC)([O]CCCC)[C](C)(C)C. The quantitative estimate of drug-likeness (QED) is 0.337. The van der Waals surface area contributed by atoms with E-state index in [0.717, 1.165) is 58.3 Å². The number of hydrogen-bond acceptors (Lipinski definition) is 3. The Morgan fingerprint density at radius 2 is 0.950 bits per heavy atom. The third-order valence-corrected chi connectivity index (χ3v) is 13.5. The van der Waals surface area contributed by atoms with Crippen LogP contribution in [0.3, 0.4) is 0 Å². The molecular formula is C16H36O3Sn. The summed E-state index contributed by atoms with van der Waals surface area (Å²) in [5.41, 5.74) is 0. The van der Waals surface area contributed by atoms with Crippen LogP contribution in [-0.4, -0.2) is 39.4 Å². The Labute approximate surface area is 132 Å². The second-order valence-electron chi connectivity index (χ2n) is 6.41. The molecule has 0 bridgehead atoms. The summed E-state index contributed by atoms with van der Waals surface area (Å²) in [4.78, 5) is 0. The van der Waals surface area contributed by atoms with Crippen molar-refractivity contribution >= 4 is 19.6 Å². The zero-order valence-electron chi connectivity index (χ0n) is 14.6. The van der Waals surface area contributed by atoms with E-state index in [1.165, 1.54) is 0 Å². The van der Waals surface area contributed by atoms with E-state index >= 15 is 0 Å². The molecule has 0 heterocycles. The molecule has 0 aliphatic rings. The molecular weight excluding hydrogens is 359 g/mol. The molecule has 0 aromatic heterocycles. The molecule has 0 aliphatic heterocycles. The van der Waals surface area contributed by atoms with Crippen molar-refractivity contribution in [3.05, 3.63) is 0 Å². The molecule has 0 aliphatic carbocycles. The van der Waals surface area contributed by atoms with Crippen LogP contribution in [0, 0.1) is 0 Å². The molecule has 4 heteroatoms. The summed E-state index contributed by atoms with van der Waals surface area (Å²) in [5.74, 6) is 0. The Morgan fingerprint density at radius 1 is 0.650 bits per heavy atom. The van der Waals surface area contributed by atoms with Gasteiger partial charge in [0.25, 0.3) is 0 Å². The van der Waals surface area contributed by atoms with Crippen LogP contribution < -0.4 is 0 Å². The van der Waals surface area contributed by atoms with E-state index in [0.29, 0.717) is 0 Å². The molecule has 0 spiro atoms. The van der Waals surface area contributed by atoms with Gasteiger partial charge in [0.05, 0.1) is 0 Å². The molecule has 0 N–H and O–H groups in total. The zero-order valence-corrected chi connectivity index (χ0v) is 17.4. The van der Waals surface area contributed by atoms with Crippen molar-refractivity contribution in [3.63, 3.8) is 0 Å². The molecule has 0 atom stereocenters. The molecule has 20 heavy (non-hydrogen) atoms. The first-order chi connectivity index (χ1) is 9.43. The van der Waals surface area contributed by atoms with E-state index in [2.05, 4.69) is 41.5 Å². The monoisotopic (exact) mass is 396 g/mol. The van der Waals surface area contributed by atoms with Crippen molar-refractivity contribution < 1.29 is 9.22 Å². The first-order valence-corrected chi connectivity index (χ1v) is 13.3. The van der Waals surface area contributed by atoms with Gasteiger partial charge in [-0.15, -0.1) is 0 Å². The molecule has 122 valence electrons. The molecule has 0 aromatic rings. The van der Waals surface area contributed by atoms with E-state index in [-0.39, 0.29) is 3.43 Å². The van der Waals surface area contributed by atoms with Gasteiger partial charge in [-0.25, -0.2) is 0 Å². The van der Waals surface area contributed by atoms with Gasteiger partial charge < -0.3 is 0 Å². The Morgan fingerprint density at radius 3 is 1.15 bits per heavy atom. The fourth-order valence-corrected chi connectivity index (χ4v) is 9.79. The maximum atomic E-state index is 6.29. The summed E-state index contributed by atoms with van der Waals surface area (Å²) in [7, 11) is 0. The van der Waals surface area contributed by atoms with Crippen molar-refractivity contribution in [2.75, 3.05) is 19.8 Å². The van der Waals surface area contributed by atoms with Crippen LogP contribution in [0.2, 0.25) is 3.43 Å². The average molecular weight is 395 g/mol. The molecule has 0 unspecified atom stereocenters. The summed E-state index contributed by atoms with van der Waals surface area (Å²) in [5, 5.41) is 0. The minimum absolute atomic E-state index is 0.00387. The van der Waals surface area contributed by atoms with Crippen molar-refractivity contribution in [2.45, 2.75) is 83.5 Å². The van der Waals surface area contributed by atoms with E-state index in [1.54, 1.807) is 0 Å². The molecule has 0 rings (SSSR count). The van der Waals surface area contributed by atoms with Gasteiger partial charge in [-0.2, -0.15) is 0 Å². The van der Waals surface area contributed by atoms with Gasteiger partial charge in [-0.3, -0.25) is 0 Å². The maximum absolute atomic E-state index is 6.29.